The Bertz CT molecular complexity index is 561. The normalized spacial score (nSPS) is 22.1. The molecule has 1 aliphatic heterocycles. The molecule has 5 nitrogen and oxygen atoms in total. The predicted molar refractivity (Wildman–Crippen MR) is 51.8 cm³/mol. The minimum atomic E-state index is -4.07. The third-order valence-electron chi connectivity index (χ3n) is 1.50. The smallest absolute Gasteiger partial charge is 0.206 e. The summed E-state index contributed by atoms with van der Waals surface area (Å²) in [6.45, 7) is 0. The summed E-state index contributed by atoms with van der Waals surface area (Å²) in [6.07, 6.45) is 0. The van der Waals surface area contributed by atoms with Crippen LogP contribution >= 0.6 is 34.5 Å². The van der Waals surface area contributed by atoms with Crippen molar-refractivity contribution in [1.82, 2.24) is 4.13 Å². The third-order valence-corrected chi connectivity index (χ3v) is 7.37. The van der Waals surface area contributed by atoms with Crippen LogP contribution in [-0.2, 0) is 20.0 Å². The van der Waals surface area contributed by atoms with E-state index in [1.165, 1.54) is 4.13 Å². The molecule has 2 heterocycles. The summed E-state index contributed by atoms with van der Waals surface area (Å²) >= 11 is 11.8. The Balaban J connectivity index is 3.03. The van der Waals surface area contributed by atoms with Gasteiger partial charge in [0.05, 0.1) is 0 Å². The van der Waals surface area contributed by atoms with Crippen LogP contribution in [0.4, 0.5) is 0 Å². The summed E-state index contributed by atoms with van der Waals surface area (Å²) in [5.74, 6) is 0. The second kappa shape index (κ2) is 2.83. The second-order valence-electron chi connectivity index (χ2n) is 2.40. The fourth-order valence-electron chi connectivity index (χ4n) is 1.03. The van der Waals surface area contributed by atoms with Gasteiger partial charge in [0.2, 0.25) is 0 Å². The third kappa shape index (κ3) is 1.29. The van der Waals surface area contributed by atoms with Crippen LogP contribution in [-0.4, -0.2) is 16.8 Å². The number of rotatable bonds is 0. The van der Waals surface area contributed by atoms with E-state index in [0.717, 1.165) is 0 Å². The molecule has 0 unspecified atom stereocenters. The van der Waals surface area contributed by atoms with Crippen molar-refractivity contribution in [2.45, 2.75) is 9.79 Å². The molecular formula is C4HCl2NO4S3. The topological polar surface area (TPSA) is 80.3 Å². The summed E-state index contributed by atoms with van der Waals surface area (Å²) in [7, 11) is -8.13. The van der Waals surface area contributed by atoms with Gasteiger partial charge in [0.1, 0.15) is 18.5 Å². The van der Waals surface area contributed by atoms with E-state index in [4.69, 9.17) is 23.2 Å². The number of hydrogen-bond donors (Lipinski definition) is 1. The quantitative estimate of drug-likeness (QED) is 0.775. The fourth-order valence-corrected chi connectivity index (χ4v) is 7.70. The molecule has 1 aliphatic rings. The zero-order valence-corrected chi connectivity index (χ0v) is 10.1. The van der Waals surface area contributed by atoms with Gasteiger partial charge in [-0.05, 0) is 0 Å². The maximum Gasteiger partial charge on any atom is 0.257 e. The van der Waals surface area contributed by atoms with E-state index in [1.54, 1.807) is 0 Å². The van der Waals surface area contributed by atoms with Crippen molar-refractivity contribution >= 4 is 54.6 Å². The molecule has 0 aromatic carbocycles. The highest BCUT2D eigenvalue weighted by molar-refractivity contribution is 8.07. The lowest BCUT2D eigenvalue weighted by Gasteiger charge is -1.92. The fraction of sp³-hybridized carbons (Fsp3) is 0. The first-order valence-corrected chi connectivity index (χ1v) is 7.56. The number of halogens is 2. The maximum absolute atomic E-state index is 11.3. The lowest BCUT2D eigenvalue weighted by Crippen LogP contribution is -2.21. The van der Waals surface area contributed by atoms with Gasteiger partial charge in [-0.3, -0.25) is 0 Å². The molecule has 0 radical (unpaired) electrons. The van der Waals surface area contributed by atoms with Crippen LogP contribution in [0.15, 0.2) is 9.79 Å². The van der Waals surface area contributed by atoms with E-state index < -0.39 is 29.8 Å². The van der Waals surface area contributed by atoms with Crippen LogP contribution in [0, 0.1) is 0 Å². The van der Waals surface area contributed by atoms with Crippen LogP contribution in [0.1, 0.15) is 0 Å². The maximum atomic E-state index is 11.3. The van der Waals surface area contributed by atoms with Gasteiger partial charge in [-0.15, -0.1) is 15.5 Å². The first-order chi connectivity index (χ1) is 6.26. The molecule has 0 amide bonds. The molecule has 2 rings (SSSR count). The lowest BCUT2D eigenvalue weighted by atomic mass is 10.6. The van der Waals surface area contributed by atoms with E-state index in [-0.39, 0.29) is 8.67 Å². The molecule has 0 bridgehead atoms. The molecule has 78 valence electrons. The van der Waals surface area contributed by atoms with E-state index >= 15 is 0 Å². The van der Waals surface area contributed by atoms with Crippen molar-refractivity contribution in [3.8, 4) is 0 Å². The van der Waals surface area contributed by atoms with E-state index in [0.29, 0.717) is 11.3 Å². The molecule has 1 aromatic rings. The molecule has 0 spiro atoms. The van der Waals surface area contributed by atoms with Crippen LogP contribution in [0.5, 0.6) is 0 Å². The van der Waals surface area contributed by atoms with Crippen molar-refractivity contribution in [3.05, 3.63) is 8.67 Å². The average molecular weight is 294 g/mol. The van der Waals surface area contributed by atoms with Gasteiger partial charge < -0.3 is 0 Å². The molecule has 0 saturated heterocycles. The number of fused-ring (bicyclic) bond motifs is 1. The first kappa shape index (κ1) is 10.7. The van der Waals surface area contributed by atoms with Crippen molar-refractivity contribution in [2.24, 2.45) is 0 Å². The van der Waals surface area contributed by atoms with Crippen molar-refractivity contribution in [2.75, 3.05) is 0 Å². The van der Waals surface area contributed by atoms with Crippen molar-refractivity contribution in [1.29, 1.82) is 0 Å². The summed E-state index contributed by atoms with van der Waals surface area (Å²) in [4.78, 5) is -0.900. The number of thiophene rings is 1. The predicted octanol–water partition coefficient (Wildman–Crippen LogP) is 1.04. The zero-order chi connectivity index (χ0) is 10.7. The number of nitrogens with one attached hydrogen (secondary N) is 1. The van der Waals surface area contributed by atoms with Crippen LogP contribution in [0.25, 0.3) is 0 Å². The molecule has 0 aliphatic carbocycles. The minimum absolute atomic E-state index is 0.154. The van der Waals surface area contributed by atoms with Crippen LogP contribution in [0.2, 0.25) is 8.67 Å². The minimum Gasteiger partial charge on any atom is -0.206 e. The van der Waals surface area contributed by atoms with Crippen LogP contribution < -0.4 is 4.13 Å². The Hall–Kier alpha value is 0.140. The van der Waals surface area contributed by atoms with E-state index in [2.05, 4.69) is 0 Å². The summed E-state index contributed by atoms with van der Waals surface area (Å²) in [5.41, 5.74) is 0. The summed E-state index contributed by atoms with van der Waals surface area (Å²) in [6, 6.07) is 0. The Morgan fingerprint density at radius 3 is 1.64 bits per heavy atom. The highest BCUT2D eigenvalue weighted by Crippen LogP contribution is 2.45. The van der Waals surface area contributed by atoms with E-state index in [1.807, 2.05) is 0 Å². The van der Waals surface area contributed by atoms with Crippen molar-refractivity contribution in [3.63, 3.8) is 0 Å². The lowest BCUT2D eigenvalue weighted by molar-refractivity contribution is 0.586. The van der Waals surface area contributed by atoms with Gasteiger partial charge in [-0.25, -0.2) is 16.8 Å². The van der Waals surface area contributed by atoms with Gasteiger partial charge in [-0.2, -0.15) is 0 Å². The second-order valence-corrected chi connectivity index (χ2v) is 8.12. The van der Waals surface area contributed by atoms with Gasteiger partial charge in [0, 0.05) is 0 Å². The molecule has 0 atom stereocenters. The SMILES string of the molecule is O=S1(=O)NS(=O)(=O)c2c(Cl)sc(Cl)c21. The van der Waals surface area contributed by atoms with Gasteiger partial charge in [0.25, 0.3) is 20.0 Å². The summed E-state index contributed by atoms with van der Waals surface area (Å²) in [5, 5.41) is 0. The van der Waals surface area contributed by atoms with Gasteiger partial charge in [0.15, 0.2) is 0 Å². The summed E-state index contributed by atoms with van der Waals surface area (Å²) < 4.78 is 46.3. The molecule has 1 N–H and O–H groups in total. The first-order valence-electron chi connectivity index (χ1n) is 3.02. The highest BCUT2D eigenvalue weighted by atomic mass is 35.5. The largest absolute Gasteiger partial charge is 0.257 e. The van der Waals surface area contributed by atoms with Crippen LogP contribution in [0.3, 0.4) is 0 Å². The molecule has 10 heteroatoms. The van der Waals surface area contributed by atoms with Gasteiger partial charge in [-0.1, -0.05) is 23.2 Å². The van der Waals surface area contributed by atoms with Crippen molar-refractivity contribution < 1.29 is 16.8 Å². The van der Waals surface area contributed by atoms with E-state index in [9.17, 15) is 16.8 Å². The zero-order valence-electron chi connectivity index (χ0n) is 6.11. The Labute approximate surface area is 93.7 Å². The molecular weight excluding hydrogens is 293 g/mol. The Morgan fingerprint density at radius 1 is 0.929 bits per heavy atom. The average Bonchev–Trinajstić information content (AvgIpc) is 2.32. The highest BCUT2D eigenvalue weighted by Gasteiger charge is 2.44. The molecule has 1 aromatic heterocycles. The monoisotopic (exact) mass is 293 g/mol. The number of sulfonamides is 2. The Morgan fingerprint density at radius 2 is 1.29 bits per heavy atom. The van der Waals surface area contributed by atoms with Gasteiger partial charge >= 0.3 is 0 Å². The molecule has 0 fully saturated rings. The molecule has 14 heavy (non-hydrogen) atoms. The Kier molecular flexibility index (Phi) is 2.16. The number of hydrogen-bond acceptors (Lipinski definition) is 5. The molecule has 0 saturated carbocycles. The standard InChI is InChI=1S/C4HCl2NO4S3/c5-3-1-2(4(6)12-3)14(10,11)7-13(1,8)9/h7H.